The van der Waals surface area contributed by atoms with E-state index in [0.717, 1.165) is 64.7 Å². The van der Waals surface area contributed by atoms with Crippen molar-refractivity contribution in [2.75, 3.05) is 33.2 Å². The molecule has 0 heterocycles. The Labute approximate surface area is 347 Å². The summed E-state index contributed by atoms with van der Waals surface area (Å²) in [7, 11) is -2.85. The van der Waals surface area contributed by atoms with E-state index in [4.69, 9.17) is 9.47 Å². The summed E-state index contributed by atoms with van der Waals surface area (Å²) >= 11 is 0. The lowest BCUT2D eigenvalue weighted by Crippen LogP contribution is -2.52. The third-order valence-electron chi connectivity index (χ3n) is 12.0. The van der Waals surface area contributed by atoms with Gasteiger partial charge < -0.3 is 23.7 Å². The van der Waals surface area contributed by atoms with Gasteiger partial charge in [-0.3, -0.25) is 0 Å². The predicted octanol–water partition coefficient (Wildman–Crippen LogP) is 7.93. The van der Waals surface area contributed by atoms with E-state index >= 15 is 9.13 Å². The molecule has 2 unspecified atom stereocenters. The summed E-state index contributed by atoms with van der Waals surface area (Å²) < 4.78 is 42.7. The number of rotatable bonds is 15. The van der Waals surface area contributed by atoms with Crippen molar-refractivity contribution in [3.05, 3.63) is 203 Å². The molecule has 7 heteroatoms. The highest BCUT2D eigenvalue weighted by atomic mass is 31.2. The molecule has 1 N–H and O–H groups in total. The van der Waals surface area contributed by atoms with Gasteiger partial charge in [0.1, 0.15) is 19.9 Å². The van der Waals surface area contributed by atoms with Crippen LogP contribution in [0.15, 0.2) is 176 Å². The van der Waals surface area contributed by atoms with Crippen molar-refractivity contribution in [1.29, 1.82) is 0 Å². The van der Waals surface area contributed by atoms with Crippen LogP contribution in [0, 0.1) is 5.92 Å². The fourth-order valence-electron chi connectivity index (χ4n) is 9.07. The number of hydrogen-bond donors (Lipinski definition) is 1. The van der Waals surface area contributed by atoms with E-state index in [1.165, 1.54) is 0 Å². The Kier molecular flexibility index (Phi) is 12.1. The third kappa shape index (κ3) is 7.87. The molecule has 0 amide bonds. The molecule has 7 aromatic carbocycles. The summed E-state index contributed by atoms with van der Waals surface area (Å²) in [6.45, 7) is 0.289. The van der Waals surface area contributed by atoms with Crippen LogP contribution in [0.25, 0.3) is 22.4 Å². The van der Waals surface area contributed by atoms with Crippen LogP contribution < -0.4 is 31.7 Å². The summed E-state index contributed by atoms with van der Waals surface area (Å²) in [6.07, 6.45) is 3.86. The molecule has 7 aromatic rings. The quantitative estimate of drug-likeness (QED) is 0.107. The number of fused-ring (bicyclic) bond motifs is 2. The van der Waals surface area contributed by atoms with Crippen molar-refractivity contribution in [1.82, 2.24) is 0 Å². The Bertz CT molecular complexity index is 2690. The van der Waals surface area contributed by atoms with Crippen LogP contribution in [0.4, 0.5) is 0 Å². The monoisotopic (exact) mass is 816 g/mol. The molecule has 298 valence electrons. The lowest BCUT2D eigenvalue weighted by Gasteiger charge is -2.40. The molecule has 59 heavy (non-hydrogen) atoms. The fraction of sp³-hybridized carbons (Fsp3) is 0.192. The molecule has 5 nitrogen and oxygen atoms in total. The van der Waals surface area contributed by atoms with Gasteiger partial charge in [-0.2, -0.15) is 0 Å². The van der Waals surface area contributed by atoms with E-state index in [0.29, 0.717) is 25.2 Å². The average Bonchev–Trinajstić information content (AvgIpc) is 3.29. The van der Waals surface area contributed by atoms with Crippen molar-refractivity contribution in [2.24, 2.45) is 5.92 Å². The topological polar surface area (TPSA) is 72.8 Å². The molecule has 0 saturated heterocycles. The molecule has 1 aliphatic carbocycles. The van der Waals surface area contributed by atoms with E-state index in [-0.39, 0.29) is 13.2 Å². The Balaban J connectivity index is 1.30. The Morgan fingerprint density at radius 3 is 1.63 bits per heavy atom. The van der Waals surface area contributed by atoms with Crippen molar-refractivity contribution < 1.29 is 23.7 Å². The normalized spacial score (nSPS) is 16.7. The molecule has 1 aliphatic rings. The lowest BCUT2D eigenvalue weighted by atomic mass is 9.70. The van der Waals surface area contributed by atoms with Gasteiger partial charge in [-0.1, -0.05) is 182 Å². The van der Waals surface area contributed by atoms with Crippen molar-refractivity contribution in [3.8, 4) is 0 Å². The molecule has 0 fully saturated rings. The van der Waals surface area contributed by atoms with Gasteiger partial charge in [-0.25, -0.2) is 0 Å². The second-order valence-electron chi connectivity index (χ2n) is 15.4. The molecule has 0 bridgehead atoms. The minimum absolute atomic E-state index is 0.0149. The van der Waals surface area contributed by atoms with Crippen LogP contribution >= 0.6 is 14.3 Å². The van der Waals surface area contributed by atoms with E-state index in [2.05, 4.69) is 36.4 Å². The first-order valence-electron chi connectivity index (χ1n) is 20.3. The van der Waals surface area contributed by atoms with Gasteiger partial charge in [0.15, 0.2) is 0 Å². The first-order chi connectivity index (χ1) is 28.8. The molecule has 0 spiro atoms. The molecule has 0 aliphatic heterocycles. The zero-order valence-electron chi connectivity index (χ0n) is 33.6. The number of hydrogen-bond acceptors (Lipinski definition) is 5. The van der Waals surface area contributed by atoms with Gasteiger partial charge >= 0.3 is 0 Å². The maximum atomic E-state index is 15.4. The first-order valence-corrected chi connectivity index (χ1v) is 24.0. The van der Waals surface area contributed by atoms with Crippen molar-refractivity contribution in [2.45, 2.75) is 25.0 Å². The average molecular weight is 817 g/mol. The number of aliphatic hydroxyl groups is 1. The summed E-state index contributed by atoms with van der Waals surface area (Å²) in [4.78, 5) is 0. The summed E-state index contributed by atoms with van der Waals surface area (Å²) in [5.41, 5.74) is 2.10. The number of benzene rings is 7. The smallest absolute Gasteiger partial charge is 0.143 e. The molecular weight excluding hydrogens is 767 g/mol. The lowest BCUT2D eigenvalue weighted by molar-refractivity contribution is -0.0130. The van der Waals surface area contributed by atoms with Crippen LogP contribution in [0.3, 0.4) is 0 Å². The number of methoxy groups -OCH3 is 2. The molecule has 2 atom stereocenters. The van der Waals surface area contributed by atoms with Gasteiger partial charge in [-0.05, 0) is 50.7 Å². The van der Waals surface area contributed by atoms with Crippen LogP contribution in [-0.4, -0.2) is 43.9 Å². The molecule has 0 radical (unpaired) electrons. The third-order valence-corrected chi connectivity index (χ3v) is 18.2. The van der Waals surface area contributed by atoms with Gasteiger partial charge in [0.25, 0.3) is 0 Å². The van der Waals surface area contributed by atoms with Gasteiger partial charge in [0.2, 0.25) is 0 Å². The number of ether oxygens (including phenoxy) is 2. The molecule has 0 saturated carbocycles. The SMILES string of the molecule is COCc1c(CCP(=O)(c2ccccc2)c2ccccc2)cc2ccccc2c1C1=c2ccccc2=CC(CCP(=O)(c2ccccc2)c2ccccc2)C1(O)COC. The fourth-order valence-corrected chi connectivity index (χ4v) is 14.5. The van der Waals surface area contributed by atoms with E-state index in [1.807, 2.05) is 146 Å². The molecule has 0 aromatic heterocycles. The highest BCUT2D eigenvalue weighted by molar-refractivity contribution is 7.79. The molecular formula is C52H50O5P2. The van der Waals surface area contributed by atoms with Crippen LogP contribution in [0.1, 0.15) is 23.1 Å². The van der Waals surface area contributed by atoms with Crippen molar-refractivity contribution >= 4 is 57.9 Å². The second-order valence-corrected chi connectivity index (χ2v) is 21.4. The number of aryl methyl sites for hydroxylation is 1. The molecule has 8 rings (SSSR count). The standard InChI is InChI=1S/C52H50O5P2/c1-56-37-49-41(31-33-58(54,43-21-7-3-8-22-43)44-23-9-4-10-24-44)35-39-19-15-17-29-47(39)50(49)51-48-30-18-16-20-40(48)36-42(52(51,53)38-57-2)32-34-59(55,45-25-11-5-12-26-45)46-27-13-6-14-28-46/h3-30,35-36,42,53H,31-34,37-38H2,1-2H3. The van der Waals surface area contributed by atoms with Gasteiger partial charge in [0.05, 0.1) is 13.2 Å². The van der Waals surface area contributed by atoms with E-state index in [1.54, 1.807) is 14.2 Å². The summed E-state index contributed by atoms with van der Waals surface area (Å²) in [5, 5.41) is 20.7. The second kappa shape index (κ2) is 17.6. The minimum Gasteiger partial charge on any atom is -0.382 e. The maximum Gasteiger partial charge on any atom is 0.143 e. The van der Waals surface area contributed by atoms with E-state index < -0.39 is 25.8 Å². The predicted molar refractivity (Wildman–Crippen MR) is 245 cm³/mol. The maximum absolute atomic E-state index is 15.4. The zero-order valence-corrected chi connectivity index (χ0v) is 35.4. The van der Waals surface area contributed by atoms with Crippen LogP contribution in [0.5, 0.6) is 0 Å². The zero-order chi connectivity index (χ0) is 40.9. The highest BCUT2D eigenvalue weighted by Crippen LogP contribution is 2.49. The van der Waals surface area contributed by atoms with Gasteiger partial charge in [-0.15, -0.1) is 0 Å². The Hall–Kier alpha value is -5.12. The van der Waals surface area contributed by atoms with Crippen molar-refractivity contribution in [3.63, 3.8) is 0 Å². The summed E-state index contributed by atoms with van der Waals surface area (Å²) in [6, 6.07) is 57.8. The largest absolute Gasteiger partial charge is 0.382 e. The Morgan fingerprint density at radius 1 is 0.593 bits per heavy atom. The highest BCUT2D eigenvalue weighted by Gasteiger charge is 2.45. The van der Waals surface area contributed by atoms with Gasteiger partial charge in [0, 0.05) is 59.3 Å². The minimum atomic E-state index is -3.11. The Morgan fingerprint density at radius 2 is 1.08 bits per heavy atom. The van der Waals surface area contributed by atoms with Crippen LogP contribution in [0.2, 0.25) is 0 Å². The summed E-state index contributed by atoms with van der Waals surface area (Å²) in [5.74, 6) is -0.456. The van der Waals surface area contributed by atoms with E-state index in [9.17, 15) is 5.11 Å². The first kappa shape index (κ1) is 40.7. The van der Waals surface area contributed by atoms with Crippen LogP contribution in [-0.2, 0) is 31.6 Å².